The number of imidazole rings is 1. The molecule has 4 rings (SSSR count). The SMILES string of the molecule is CCCN1CCc2[nH]cnc2C12CCN(C(=O)[C@H](CC)n1cccn1)CC2. The van der Waals surface area contributed by atoms with Crippen LogP contribution >= 0.6 is 0 Å². The third-order valence-corrected chi connectivity index (χ3v) is 6.31. The Hall–Kier alpha value is -2.15. The van der Waals surface area contributed by atoms with Crippen molar-refractivity contribution in [1.29, 1.82) is 0 Å². The molecule has 1 saturated heterocycles. The molecule has 1 fully saturated rings. The second kappa shape index (κ2) is 7.46. The van der Waals surface area contributed by atoms with E-state index in [-0.39, 0.29) is 17.5 Å². The zero-order valence-electron chi connectivity index (χ0n) is 16.4. The number of aromatic amines is 1. The van der Waals surface area contributed by atoms with Crippen molar-refractivity contribution in [3.8, 4) is 0 Å². The van der Waals surface area contributed by atoms with E-state index < -0.39 is 0 Å². The molecule has 0 radical (unpaired) electrons. The molecule has 0 aromatic carbocycles. The molecule has 27 heavy (non-hydrogen) atoms. The molecule has 0 unspecified atom stereocenters. The highest BCUT2D eigenvalue weighted by molar-refractivity contribution is 5.80. The average Bonchev–Trinajstić information content (AvgIpc) is 3.38. The normalized spacial score (nSPS) is 20.6. The van der Waals surface area contributed by atoms with Crippen LogP contribution < -0.4 is 0 Å². The number of hydrogen-bond donors (Lipinski definition) is 1. The first-order chi connectivity index (χ1) is 13.2. The number of piperidine rings is 1. The molecule has 146 valence electrons. The van der Waals surface area contributed by atoms with Crippen molar-refractivity contribution in [3.63, 3.8) is 0 Å². The predicted octanol–water partition coefficient (Wildman–Crippen LogP) is 2.34. The van der Waals surface area contributed by atoms with E-state index in [0.717, 1.165) is 58.3 Å². The Morgan fingerprint density at radius 1 is 1.30 bits per heavy atom. The molecule has 1 spiro atoms. The summed E-state index contributed by atoms with van der Waals surface area (Å²) in [4.78, 5) is 25.8. The average molecular weight is 371 g/mol. The lowest BCUT2D eigenvalue weighted by Gasteiger charge is -2.50. The van der Waals surface area contributed by atoms with E-state index in [2.05, 4.69) is 28.8 Å². The summed E-state index contributed by atoms with van der Waals surface area (Å²) in [5.74, 6) is 0.191. The van der Waals surface area contributed by atoms with Gasteiger partial charge in [0, 0.05) is 44.1 Å². The Kier molecular flexibility index (Phi) is 5.04. The van der Waals surface area contributed by atoms with Crippen LogP contribution in [-0.4, -0.2) is 61.6 Å². The summed E-state index contributed by atoms with van der Waals surface area (Å²) in [6.45, 7) is 8.01. The second-order valence-corrected chi connectivity index (χ2v) is 7.73. The van der Waals surface area contributed by atoms with E-state index in [9.17, 15) is 4.79 Å². The first-order valence-electron chi connectivity index (χ1n) is 10.2. The van der Waals surface area contributed by atoms with Gasteiger partial charge < -0.3 is 9.88 Å². The number of likely N-dealkylation sites (tertiary alicyclic amines) is 1. The Labute approximate surface area is 160 Å². The van der Waals surface area contributed by atoms with Gasteiger partial charge in [-0.15, -0.1) is 0 Å². The lowest BCUT2D eigenvalue weighted by Crippen LogP contribution is -2.57. The van der Waals surface area contributed by atoms with E-state index in [4.69, 9.17) is 4.98 Å². The lowest BCUT2D eigenvalue weighted by molar-refractivity contribution is -0.138. The Morgan fingerprint density at radius 3 is 2.78 bits per heavy atom. The topological polar surface area (TPSA) is 70.1 Å². The molecule has 4 heterocycles. The highest BCUT2D eigenvalue weighted by Gasteiger charge is 2.47. The fourth-order valence-corrected chi connectivity index (χ4v) is 4.92. The Balaban J connectivity index is 1.53. The van der Waals surface area contributed by atoms with Crippen molar-refractivity contribution in [2.75, 3.05) is 26.2 Å². The van der Waals surface area contributed by atoms with Crippen molar-refractivity contribution in [2.24, 2.45) is 0 Å². The number of amides is 1. The van der Waals surface area contributed by atoms with Gasteiger partial charge in [-0.1, -0.05) is 13.8 Å². The van der Waals surface area contributed by atoms with Crippen molar-refractivity contribution in [1.82, 2.24) is 29.5 Å². The van der Waals surface area contributed by atoms with E-state index in [0.29, 0.717) is 0 Å². The molecule has 1 N–H and O–H groups in total. The number of carbonyl (C=O) groups is 1. The van der Waals surface area contributed by atoms with Gasteiger partial charge >= 0.3 is 0 Å². The van der Waals surface area contributed by atoms with Gasteiger partial charge in [-0.3, -0.25) is 14.4 Å². The second-order valence-electron chi connectivity index (χ2n) is 7.73. The van der Waals surface area contributed by atoms with Crippen LogP contribution in [0, 0.1) is 0 Å². The summed E-state index contributed by atoms with van der Waals surface area (Å²) >= 11 is 0. The van der Waals surface area contributed by atoms with Crippen LogP contribution in [0.3, 0.4) is 0 Å². The van der Waals surface area contributed by atoms with Crippen molar-refractivity contribution in [2.45, 2.75) is 57.5 Å². The molecule has 7 nitrogen and oxygen atoms in total. The summed E-state index contributed by atoms with van der Waals surface area (Å²) in [5, 5.41) is 4.29. The maximum atomic E-state index is 13.1. The molecule has 2 aromatic heterocycles. The number of carbonyl (C=O) groups excluding carboxylic acids is 1. The molecule has 1 amide bonds. The van der Waals surface area contributed by atoms with Gasteiger partial charge in [0.05, 0.1) is 17.6 Å². The van der Waals surface area contributed by atoms with Crippen LogP contribution in [0.4, 0.5) is 0 Å². The van der Waals surface area contributed by atoms with Crippen LogP contribution in [0.1, 0.15) is 57.0 Å². The molecule has 2 aliphatic rings. The van der Waals surface area contributed by atoms with Crippen LogP contribution in [0.5, 0.6) is 0 Å². The van der Waals surface area contributed by atoms with Gasteiger partial charge in [0.1, 0.15) is 6.04 Å². The third kappa shape index (κ3) is 3.08. The number of aromatic nitrogens is 4. The Morgan fingerprint density at radius 2 is 2.11 bits per heavy atom. The van der Waals surface area contributed by atoms with E-state index in [1.165, 1.54) is 11.4 Å². The quantitative estimate of drug-likeness (QED) is 0.877. The molecular weight excluding hydrogens is 340 g/mol. The highest BCUT2D eigenvalue weighted by Crippen LogP contribution is 2.42. The summed E-state index contributed by atoms with van der Waals surface area (Å²) in [7, 11) is 0. The molecule has 2 aliphatic heterocycles. The third-order valence-electron chi connectivity index (χ3n) is 6.31. The van der Waals surface area contributed by atoms with Crippen molar-refractivity contribution in [3.05, 3.63) is 36.2 Å². The minimum atomic E-state index is -0.201. The number of nitrogens with one attached hydrogen (secondary N) is 1. The zero-order valence-corrected chi connectivity index (χ0v) is 16.4. The first-order valence-corrected chi connectivity index (χ1v) is 10.2. The molecule has 1 atom stereocenters. The maximum Gasteiger partial charge on any atom is 0.247 e. The highest BCUT2D eigenvalue weighted by atomic mass is 16.2. The Bertz CT molecular complexity index is 759. The molecule has 0 saturated carbocycles. The first kappa shape index (κ1) is 18.2. The van der Waals surface area contributed by atoms with E-state index in [1.54, 1.807) is 10.9 Å². The van der Waals surface area contributed by atoms with Gasteiger partial charge in [-0.25, -0.2) is 4.98 Å². The fourth-order valence-electron chi connectivity index (χ4n) is 4.92. The fraction of sp³-hybridized carbons (Fsp3) is 0.650. The van der Waals surface area contributed by atoms with Gasteiger partial charge in [-0.2, -0.15) is 5.10 Å². The standard InChI is InChI=1S/C20H30N6O/c1-3-10-25-12-6-16-18(22-15-21-16)20(25)7-13-24(14-8-20)19(27)17(4-2)26-11-5-9-23-26/h5,9,11,15,17H,3-4,6-8,10,12-14H2,1-2H3,(H,21,22)/t17-/m0/s1. The minimum absolute atomic E-state index is 0.0201. The summed E-state index contributed by atoms with van der Waals surface area (Å²) in [6, 6.07) is 1.68. The molecule has 0 aliphatic carbocycles. The molecule has 2 aromatic rings. The van der Waals surface area contributed by atoms with Gasteiger partial charge in [-0.05, 0) is 38.3 Å². The largest absolute Gasteiger partial charge is 0.348 e. The minimum Gasteiger partial charge on any atom is -0.348 e. The van der Waals surface area contributed by atoms with Gasteiger partial charge in [0.2, 0.25) is 5.91 Å². The molecular formula is C20H30N6O. The van der Waals surface area contributed by atoms with E-state index in [1.807, 2.05) is 23.5 Å². The van der Waals surface area contributed by atoms with Crippen molar-refractivity contribution >= 4 is 5.91 Å². The smallest absolute Gasteiger partial charge is 0.247 e. The van der Waals surface area contributed by atoms with Crippen LogP contribution in [0.2, 0.25) is 0 Å². The number of H-pyrrole nitrogens is 1. The van der Waals surface area contributed by atoms with Crippen LogP contribution in [-0.2, 0) is 16.8 Å². The summed E-state index contributed by atoms with van der Waals surface area (Å²) < 4.78 is 1.79. The molecule has 0 bridgehead atoms. The number of rotatable bonds is 5. The van der Waals surface area contributed by atoms with E-state index >= 15 is 0 Å². The van der Waals surface area contributed by atoms with Crippen molar-refractivity contribution < 1.29 is 4.79 Å². The lowest BCUT2D eigenvalue weighted by atomic mass is 9.78. The van der Waals surface area contributed by atoms with Gasteiger partial charge in [0.25, 0.3) is 0 Å². The summed E-state index contributed by atoms with van der Waals surface area (Å²) in [6.07, 6.45) is 10.3. The van der Waals surface area contributed by atoms with Gasteiger partial charge in [0.15, 0.2) is 0 Å². The maximum absolute atomic E-state index is 13.1. The predicted molar refractivity (Wildman–Crippen MR) is 103 cm³/mol. The zero-order chi connectivity index (χ0) is 18.9. The number of fused-ring (bicyclic) bond motifs is 2. The number of nitrogens with zero attached hydrogens (tertiary/aromatic N) is 5. The number of hydrogen-bond acceptors (Lipinski definition) is 4. The monoisotopic (exact) mass is 370 g/mol. The summed E-state index contributed by atoms with van der Waals surface area (Å²) in [5.41, 5.74) is 2.48. The molecule has 7 heteroatoms. The van der Waals surface area contributed by atoms with Crippen LogP contribution in [0.15, 0.2) is 24.8 Å². The van der Waals surface area contributed by atoms with Crippen LogP contribution in [0.25, 0.3) is 0 Å².